The molecule has 0 spiro atoms. The number of halogens is 1. The monoisotopic (exact) mass is 456 g/mol. The molecule has 2 atom stereocenters. The molecule has 3 aromatic rings. The molecule has 4 rings (SSSR count). The fourth-order valence-corrected chi connectivity index (χ4v) is 3.22. The second kappa shape index (κ2) is 9.11. The minimum Gasteiger partial charge on any atom is -0.371 e. The molecule has 0 aliphatic carbocycles. The van der Waals surface area contributed by atoms with Gasteiger partial charge in [0.05, 0.1) is 18.9 Å². The highest BCUT2D eigenvalue weighted by atomic mass is 19.1. The molecule has 3 heterocycles. The van der Waals surface area contributed by atoms with Crippen LogP contribution in [0.4, 0.5) is 4.39 Å². The van der Waals surface area contributed by atoms with Gasteiger partial charge in [-0.15, -0.1) is 0 Å². The lowest BCUT2D eigenvalue weighted by Crippen LogP contribution is -2.32. The first-order valence-electron chi connectivity index (χ1n) is 10.0. The normalized spacial score (nSPS) is 17.1. The average Bonchev–Trinajstić information content (AvgIpc) is 3.31. The van der Waals surface area contributed by atoms with Crippen molar-refractivity contribution in [3.8, 4) is 5.69 Å². The van der Waals surface area contributed by atoms with Gasteiger partial charge in [-0.2, -0.15) is 14.9 Å². The molecule has 0 saturated carbocycles. The number of aliphatic imine (C=N–C) groups is 2. The van der Waals surface area contributed by atoms with Crippen molar-refractivity contribution in [3.05, 3.63) is 76.0 Å². The Morgan fingerprint density at radius 3 is 2.79 bits per heavy atom. The van der Waals surface area contributed by atoms with E-state index in [1.807, 2.05) is 6.92 Å². The smallest absolute Gasteiger partial charge is 0.371 e. The van der Waals surface area contributed by atoms with Crippen LogP contribution in [-0.2, 0) is 10.8 Å². The highest BCUT2D eigenvalue weighted by Gasteiger charge is 2.24. The van der Waals surface area contributed by atoms with Gasteiger partial charge in [-0.05, 0) is 18.6 Å². The first-order valence-corrected chi connectivity index (χ1v) is 10.0. The van der Waals surface area contributed by atoms with Crippen LogP contribution in [0.25, 0.3) is 5.69 Å². The molecular formula is C21H21FN6O5. The van der Waals surface area contributed by atoms with Gasteiger partial charge in [0.25, 0.3) is 0 Å². The Balaban J connectivity index is 1.61. The van der Waals surface area contributed by atoms with Crippen molar-refractivity contribution < 1.29 is 24.4 Å². The third-order valence-corrected chi connectivity index (χ3v) is 4.82. The number of aliphatic hydroxyl groups is 3. The molecule has 0 fully saturated rings. The van der Waals surface area contributed by atoms with E-state index < -0.39 is 17.7 Å². The molecule has 12 heteroatoms. The second-order valence-corrected chi connectivity index (χ2v) is 7.18. The lowest BCUT2D eigenvalue weighted by atomic mass is 10.0. The largest absolute Gasteiger partial charge is 0.389 e. The van der Waals surface area contributed by atoms with E-state index >= 15 is 4.39 Å². The number of ether oxygens (including phenoxy) is 1. The summed E-state index contributed by atoms with van der Waals surface area (Å²) in [5, 5.41) is 35.3. The van der Waals surface area contributed by atoms with Crippen molar-refractivity contribution in [3.63, 3.8) is 0 Å². The van der Waals surface area contributed by atoms with Gasteiger partial charge in [-0.1, -0.05) is 18.2 Å². The third-order valence-electron chi connectivity index (χ3n) is 4.82. The molecule has 0 amide bonds. The lowest BCUT2D eigenvalue weighted by Gasteiger charge is -2.15. The maximum atomic E-state index is 15.4. The molecule has 3 N–H and O–H groups in total. The zero-order valence-corrected chi connectivity index (χ0v) is 17.5. The van der Waals surface area contributed by atoms with Crippen LogP contribution in [0.5, 0.6) is 0 Å². The molecule has 2 aromatic heterocycles. The van der Waals surface area contributed by atoms with Crippen LogP contribution in [0, 0.1) is 0 Å². The molecule has 1 aromatic carbocycles. The summed E-state index contributed by atoms with van der Waals surface area (Å²) in [4.78, 5) is 21.0. The minimum absolute atomic E-state index is 0.161. The number of rotatable bonds is 7. The molecule has 0 bridgehead atoms. The average molecular weight is 456 g/mol. The zero-order valence-electron chi connectivity index (χ0n) is 17.5. The second-order valence-electron chi connectivity index (χ2n) is 7.18. The molecule has 1 aliphatic heterocycles. The van der Waals surface area contributed by atoms with Crippen molar-refractivity contribution in [1.29, 1.82) is 0 Å². The Morgan fingerprint density at radius 2 is 2.12 bits per heavy atom. The van der Waals surface area contributed by atoms with E-state index in [-0.39, 0.29) is 23.0 Å². The molecule has 11 nitrogen and oxygen atoms in total. The number of nitrogens with zero attached hydrogens (tertiary/aromatic N) is 6. The zero-order chi connectivity index (χ0) is 23.6. The third kappa shape index (κ3) is 4.93. The minimum atomic E-state index is -3.21. The number of alkyl halides is 1. The quantitative estimate of drug-likeness (QED) is 0.432. The van der Waals surface area contributed by atoms with Crippen LogP contribution in [0.2, 0.25) is 0 Å². The van der Waals surface area contributed by atoms with Crippen molar-refractivity contribution in [2.75, 3.05) is 13.2 Å². The van der Waals surface area contributed by atoms with Crippen LogP contribution in [-0.4, -0.2) is 66.2 Å². The van der Waals surface area contributed by atoms with Crippen molar-refractivity contribution >= 4 is 12.1 Å². The van der Waals surface area contributed by atoms with Crippen LogP contribution in [0.3, 0.4) is 0 Å². The number of benzene rings is 1. The van der Waals surface area contributed by atoms with E-state index in [0.717, 1.165) is 23.1 Å². The van der Waals surface area contributed by atoms with Gasteiger partial charge < -0.3 is 20.1 Å². The predicted molar refractivity (Wildman–Crippen MR) is 115 cm³/mol. The molecule has 0 saturated heterocycles. The molecule has 1 aliphatic rings. The summed E-state index contributed by atoms with van der Waals surface area (Å²) in [5.41, 5.74) is -0.0610. The fraction of sp³-hybridized carbons (Fsp3) is 0.286. The van der Waals surface area contributed by atoms with E-state index in [1.54, 1.807) is 24.4 Å². The molecule has 2 unspecified atom stereocenters. The highest BCUT2D eigenvalue weighted by molar-refractivity contribution is 6.04. The van der Waals surface area contributed by atoms with E-state index in [4.69, 9.17) is 4.74 Å². The van der Waals surface area contributed by atoms with Crippen molar-refractivity contribution in [2.45, 2.75) is 25.3 Å². The van der Waals surface area contributed by atoms with Crippen LogP contribution in [0.15, 0.2) is 63.7 Å². The maximum absolute atomic E-state index is 15.4. The van der Waals surface area contributed by atoms with Gasteiger partial charge >= 0.3 is 6.10 Å². The Labute approximate surface area is 186 Å². The molecule has 0 radical (unpaired) electrons. The summed E-state index contributed by atoms with van der Waals surface area (Å²) >= 11 is 0. The predicted octanol–water partition coefficient (Wildman–Crippen LogP) is 0.269. The van der Waals surface area contributed by atoms with Gasteiger partial charge in [-0.25, -0.2) is 14.1 Å². The summed E-state index contributed by atoms with van der Waals surface area (Å²) in [6, 6.07) is 7.58. The van der Waals surface area contributed by atoms with Crippen molar-refractivity contribution in [1.82, 2.24) is 19.6 Å². The number of hydrogen-bond acceptors (Lipinski definition) is 9. The Kier molecular flexibility index (Phi) is 6.24. The van der Waals surface area contributed by atoms with Gasteiger partial charge in [0.1, 0.15) is 17.5 Å². The summed E-state index contributed by atoms with van der Waals surface area (Å²) in [7, 11) is 0. The first-order chi connectivity index (χ1) is 15.8. The Morgan fingerprint density at radius 1 is 1.30 bits per heavy atom. The van der Waals surface area contributed by atoms with Crippen molar-refractivity contribution in [2.24, 2.45) is 9.98 Å². The lowest BCUT2D eigenvalue weighted by molar-refractivity contribution is -0.380. The van der Waals surface area contributed by atoms with Gasteiger partial charge in [-0.3, -0.25) is 9.79 Å². The Bertz CT molecular complexity index is 1260. The van der Waals surface area contributed by atoms with Crippen LogP contribution in [0.1, 0.15) is 29.9 Å². The molecule has 172 valence electrons. The summed E-state index contributed by atoms with van der Waals surface area (Å²) in [6.07, 6.45) is -0.120. The number of aromatic nitrogens is 4. The van der Waals surface area contributed by atoms with Crippen LogP contribution >= 0.6 is 0 Å². The first kappa shape index (κ1) is 22.6. The summed E-state index contributed by atoms with van der Waals surface area (Å²) in [5.74, 6) is 0.436. The van der Waals surface area contributed by atoms with E-state index in [1.165, 1.54) is 12.3 Å². The van der Waals surface area contributed by atoms with Gasteiger partial charge in [0.15, 0.2) is 12.0 Å². The SMILES string of the molecule is CCOC1C=NC(c2cccc(C(F)c3nn(-c4cnn(C(O)(O)O)c4)ccc3=O)c2)=NC1. The standard InChI is InChI=1S/C21H21FN6O5/c1-2-33-16-10-23-20(24-11-16)14-5-3-4-13(8-14)18(22)19-17(29)6-7-27(26-19)15-9-25-28(12-15)21(30,31)32/h3-10,12,16,18,30-32H,2,11H2,1H3. The molecular weight excluding hydrogens is 435 g/mol. The molecule has 33 heavy (non-hydrogen) atoms. The summed E-state index contributed by atoms with van der Waals surface area (Å²) < 4.78 is 22.5. The van der Waals surface area contributed by atoms with E-state index in [9.17, 15) is 20.1 Å². The summed E-state index contributed by atoms with van der Waals surface area (Å²) in [6.45, 7) is 2.84. The number of amidine groups is 1. The number of hydrogen-bond donors (Lipinski definition) is 3. The maximum Gasteiger partial charge on any atom is 0.389 e. The highest BCUT2D eigenvalue weighted by Crippen LogP contribution is 2.24. The van der Waals surface area contributed by atoms with Crippen LogP contribution < -0.4 is 5.43 Å². The Hall–Kier alpha value is -3.58. The van der Waals surface area contributed by atoms with Gasteiger partial charge in [0.2, 0.25) is 5.43 Å². The topological polar surface area (TPSA) is 147 Å². The van der Waals surface area contributed by atoms with E-state index in [2.05, 4.69) is 20.2 Å². The van der Waals surface area contributed by atoms with Gasteiger partial charge in [0, 0.05) is 30.6 Å². The fourth-order valence-electron chi connectivity index (χ4n) is 3.22. The van der Waals surface area contributed by atoms with E-state index in [0.29, 0.717) is 29.2 Å².